The Hall–Kier alpha value is -2.29. The van der Waals surface area contributed by atoms with Crippen molar-refractivity contribution in [1.82, 2.24) is 15.1 Å². The minimum atomic E-state index is -4.80. The summed E-state index contributed by atoms with van der Waals surface area (Å²) in [7, 11) is 0. The van der Waals surface area contributed by atoms with Gasteiger partial charge in [-0.3, -0.25) is 10.00 Å². The third-order valence-corrected chi connectivity index (χ3v) is 4.82. The Labute approximate surface area is 140 Å². The number of nitrogens with one attached hydrogen (secondary N) is 1. The number of ether oxygens (including phenoxy) is 2. The molecule has 0 amide bonds. The summed E-state index contributed by atoms with van der Waals surface area (Å²) in [6.45, 7) is 2.73. The zero-order valence-corrected chi connectivity index (χ0v) is 13.2. The molecule has 9 heteroatoms. The first kappa shape index (κ1) is 16.2. The molecule has 2 aromatic rings. The van der Waals surface area contributed by atoms with Crippen molar-refractivity contribution in [2.24, 2.45) is 5.92 Å². The molecule has 4 heterocycles. The highest BCUT2D eigenvalue weighted by Gasteiger charge is 2.37. The summed E-state index contributed by atoms with van der Waals surface area (Å²) in [5, 5.41) is 6.79. The van der Waals surface area contributed by atoms with E-state index in [0.717, 1.165) is 38.1 Å². The van der Waals surface area contributed by atoms with Crippen LogP contribution in [0.3, 0.4) is 0 Å². The number of fused-ring (bicyclic) bond motifs is 4. The predicted octanol–water partition coefficient (Wildman–Crippen LogP) is 2.71. The zero-order chi connectivity index (χ0) is 17.6. The number of benzene rings is 1. The van der Waals surface area contributed by atoms with Gasteiger partial charge in [0.05, 0.1) is 5.52 Å². The van der Waals surface area contributed by atoms with Crippen LogP contribution in [0.4, 0.5) is 13.2 Å². The van der Waals surface area contributed by atoms with Gasteiger partial charge in [0.1, 0.15) is 11.9 Å². The van der Waals surface area contributed by atoms with Gasteiger partial charge < -0.3 is 9.47 Å². The fraction of sp³-hybridized carbons (Fsp3) is 0.500. The number of hydrogen-bond donors (Lipinski definition) is 1. The Kier molecular flexibility index (Phi) is 3.82. The monoisotopic (exact) mass is 355 g/mol. The van der Waals surface area contributed by atoms with Gasteiger partial charge in [-0.05, 0) is 50.0 Å². The average Bonchev–Trinajstić information content (AvgIpc) is 2.97. The van der Waals surface area contributed by atoms with Gasteiger partial charge in [0.15, 0.2) is 5.69 Å². The van der Waals surface area contributed by atoms with E-state index in [1.807, 2.05) is 0 Å². The molecule has 0 aliphatic carbocycles. The summed E-state index contributed by atoms with van der Waals surface area (Å²) in [6, 6.07) is 3.68. The highest BCUT2D eigenvalue weighted by Crippen LogP contribution is 2.31. The summed E-state index contributed by atoms with van der Waals surface area (Å²) in [5.74, 6) is -0.698. The molecular weight excluding hydrogens is 339 g/mol. The number of esters is 1. The third kappa shape index (κ3) is 3.28. The van der Waals surface area contributed by atoms with Crippen molar-refractivity contribution in [3.63, 3.8) is 0 Å². The lowest BCUT2D eigenvalue weighted by Gasteiger charge is -2.43. The molecule has 1 atom stereocenters. The Bertz CT molecular complexity index is 797. The van der Waals surface area contributed by atoms with Crippen LogP contribution in [0.25, 0.3) is 10.9 Å². The van der Waals surface area contributed by atoms with Crippen LogP contribution in [0.5, 0.6) is 5.75 Å². The molecule has 0 radical (unpaired) electrons. The van der Waals surface area contributed by atoms with Gasteiger partial charge in [-0.2, -0.15) is 5.10 Å². The van der Waals surface area contributed by atoms with E-state index in [0.29, 0.717) is 18.0 Å². The SMILES string of the molecule is O=C(O[C@@H]1CN2CCC1CC2)c1n[nH]c2ccc(OC(F)(F)F)cc12. The molecule has 0 spiro atoms. The summed E-state index contributed by atoms with van der Waals surface area (Å²) in [6.07, 6.45) is -3.02. The molecule has 1 aromatic heterocycles. The molecule has 3 aliphatic rings. The van der Waals surface area contributed by atoms with Gasteiger partial charge in [0, 0.05) is 11.9 Å². The maximum Gasteiger partial charge on any atom is 0.573 e. The number of aromatic nitrogens is 2. The summed E-state index contributed by atoms with van der Waals surface area (Å²) in [4.78, 5) is 14.7. The van der Waals surface area contributed by atoms with E-state index in [4.69, 9.17) is 4.74 Å². The van der Waals surface area contributed by atoms with E-state index in [-0.39, 0.29) is 17.2 Å². The van der Waals surface area contributed by atoms with Crippen LogP contribution in [-0.4, -0.2) is 53.2 Å². The molecule has 0 saturated carbocycles. The lowest BCUT2D eigenvalue weighted by molar-refractivity contribution is -0.274. The highest BCUT2D eigenvalue weighted by atomic mass is 19.4. The number of rotatable bonds is 3. The van der Waals surface area contributed by atoms with Crippen molar-refractivity contribution in [3.05, 3.63) is 23.9 Å². The molecule has 2 bridgehead atoms. The first-order chi connectivity index (χ1) is 11.9. The van der Waals surface area contributed by atoms with Crippen LogP contribution in [-0.2, 0) is 4.74 Å². The van der Waals surface area contributed by atoms with Gasteiger partial charge in [0.25, 0.3) is 0 Å². The molecule has 134 valence electrons. The van der Waals surface area contributed by atoms with Crippen molar-refractivity contribution in [3.8, 4) is 5.75 Å². The molecule has 1 aromatic carbocycles. The van der Waals surface area contributed by atoms with E-state index in [2.05, 4.69) is 19.8 Å². The van der Waals surface area contributed by atoms with Crippen LogP contribution < -0.4 is 4.74 Å². The minimum Gasteiger partial charge on any atom is -0.456 e. The van der Waals surface area contributed by atoms with Crippen LogP contribution in [0.2, 0.25) is 0 Å². The van der Waals surface area contributed by atoms with Crippen molar-refractivity contribution in [2.45, 2.75) is 25.3 Å². The topological polar surface area (TPSA) is 67.5 Å². The number of alkyl halides is 3. The number of aromatic amines is 1. The number of carbonyl (C=O) groups is 1. The summed E-state index contributed by atoms with van der Waals surface area (Å²) < 4.78 is 46.6. The fourth-order valence-corrected chi connectivity index (χ4v) is 3.58. The third-order valence-electron chi connectivity index (χ3n) is 4.82. The molecule has 3 saturated heterocycles. The molecule has 3 aliphatic heterocycles. The smallest absolute Gasteiger partial charge is 0.456 e. The maximum absolute atomic E-state index is 12.5. The van der Waals surface area contributed by atoms with E-state index in [1.54, 1.807) is 0 Å². The Morgan fingerprint density at radius 2 is 2.04 bits per heavy atom. The second-order valence-corrected chi connectivity index (χ2v) is 6.41. The number of hydrogen-bond acceptors (Lipinski definition) is 5. The standard InChI is InChI=1S/C16H16F3N3O3/c17-16(18,19)25-10-1-2-12-11(7-10)14(21-20-12)15(23)24-13-8-22-5-3-9(13)4-6-22/h1-2,7,9,13H,3-6,8H2,(H,20,21)/t13-/m1/s1. The van der Waals surface area contributed by atoms with Crippen LogP contribution >= 0.6 is 0 Å². The van der Waals surface area contributed by atoms with Gasteiger partial charge in [-0.15, -0.1) is 13.2 Å². The fourth-order valence-electron chi connectivity index (χ4n) is 3.58. The minimum absolute atomic E-state index is 0.0286. The van der Waals surface area contributed by atoms with Crippen LogP contribution in [0.1, 0.15) is 23.3 Å². The van der Waals surface area contributed by atoms with Gasteiger partial charge in [-0.1, -0.05) is 0 Å². The molecule has 25 heavy (non-hydrogen) atoms. The average molecular weight is 355 g/mol. The normalized spacial score (nSPS) is 26.0. The second kappa shape index (κ2) is 5.91. The molecule has 0 unspecified atom stereocenters. The number of carbonyl (C=O) groups excluding carboxylic acids is 1. The molecule has 5 rings (SSSR count). The van der Waals surface area contributed by atoms with Gasteiger partial charge in [-0.25, -0.2) is 4.79 Å². The predicted molar refractivity (Wildman–Crippen MR) is 81.1 cm³/mol. The van der Waals surface area contributed by atoms with E-state index in [1.165, 1.54) is 6.07 Å². The second-order valence-electron chi connectivity index (χ2n) is 6.41. The summed E-state index contributed by atoms with van der Waals surface area (Å²) >= 11 is 0. The first-order valence-electron chi connectivity index (χ1n) is 8.06. The van der Waals surface area contributed by atoms with Crippen molar-refractivity contribution < 1.29 is 27.4 Å². The number of piperidine rings is 3. The van der Waals surface area contributed by atoms with Gasteiger partial charge in [0.2, 0.25) is 0 Å². The Morgan fingerprint density at radius 3 is 2.68 bits per heavy atom. The first-order valence-corrected chi connectivity index (χ1v) is 8.06. The van der Waals surface area contributed by atoms with Crippen molar-refractivity contribution in [2.75, 3.05) is 19.6 Å². The summed E-state index contributed by atoms with van der Waals surface area (Å²) in [5.41, 5.74) is 0.412. The maximum atomic E-state index is 12.5. The van der Waals surface area contributed by atoms with Gasteiger partial charge >= 0.3 is 12.3 Å². The van der Waals surface area contributed by atoms with Crippen molar-refractivity contribution >= 4 is 16.9 Å². The zero-order valence-electron chi connectivity index (χ0n) is 13.2. The van der Waals surface area contributed by atoms with E-state index >= 15 is 0 Å². The molecular formula is C16H16F3N3O3. The molecule has 3 fully saturated rings. The van der Waals surface area contributed by atoms with Crippen LogP contribution in [0.15, 0.2) is 18.2 Å². The van der Waals surface area contributed by atoms with E-state index in [9.17, 15) is 18.0 Å². The molecule has 6 nitrogen and oxygen atoms in total. The number of halogens is 3. The quantitative estimate of drug-likeness (QED) is 0.858. The number of H-pyrrole nitrogens is 1. The number of nitrogens with zero attached hydrogens (tertiary/aromatic N) is 2. The van der Waals surface area contributed by atoms with Crippen molar-refractivity contribution in [1.29, 1.82) is 0 Å². The Balaban J connectivity index is 1.55. The lowest BCUT2D eigenvalue weighted by atomic mass is 9.86. The largest absolute Gasteiger partial charge is 0.573 e. The van der Waals surface area contributed by atoms with E-state index < -0.39 is 18.1 Å². The molecule has 1 N–H and O–H groups in total. The highest BCUT2D eigenvalue weighted by molar-refractivity contribution is 6.02. The Morgan fingerprint density at radius 1 is 1.28 bits per heavy atom. The van der Waals surface area contributed by atoms with Crippen LogP contribution in [0, 0.1) is 5.92 Å². The lowest BCUT2D eigenvalue weighted by Crippen LogP contribution is -2.51.